The predicted molar refractivity (Wildman–Crippen MR) is 62.9 cm³/mol. The monoisotopic (exact) mass is 257 g/mol. The number of hydrogen-bond acceptors (Lipinski definition) is 4. The van der Waals surface area contributed by atoms with Gasteiger partial charge >= 0.3 is 0 Å². The van der Waals surface area contributed by atoms with Gasteiger partial charge in [0.15, 0.2) is 0 Å². The molecule has 92 valence electrons. The Balaban J connectivity index is 2.92. The number of nitro groups is 1. The van der Waals surface area contributed by atoms with Crippen LogP contribution in [0.5, 0.6) is 0 Å². The highest BCUT2D eigenvalue weighted by molar-refractivity contribution is 6.19. The zero-order chi connectivity index (χ0) is 13.0. The van der Waals surface area contributed by atoms with Crippen LogP contribution in [-0.2, 0) is 4.79 Å². The number of nitrogens with zero attached hydrogens (tertiary/aromatic N) is 1. The van der Waals surface area contributed by atoms with Gasteiger partial charge in [-0.1, -0.05) is 0 Å². The molecule has 0 saturated heterocycles. The van der Waals surface area contributed by atoms with Crippen LogP contribution in [0.3, 0.4) is 0 Å². The quantitative estimate of drug-likeness (QED) is 0.497. The van der Waals surface area contributed by atoms with Crippen molar-refractivity contribution in [3.05, 3.63) is 39.9 Å². The lowest BCUT2D eigenvalue weighted by Gasteiger charge is -2.18. The van der Waals surface area contributed by atoms with E-state index in [2.05, 4.69) is 0 Å². The number of benzene rings is 1. The van der Waals surface area contributed by atoms with Crippen LogP contribution in [0.4, 0.5) is 5.69 Å². The Morgan fingerprint density at radius 1 is 1.47 bits per heavy atom. The summed E-state index contributed by atoms with van der Waals surface area (Å²) in [5.74, 6) is -0.906. The summed E-state index contributed by atoms with van der Waals surface area (Å²) in [5, 5.41) is 20.4. The van der Waals surface area contributed by atoms with Crippen molar-refractivity contribution in [3.63, 3.8) is 0 Å². The number of halogens is 1. The Morgan fingerprint density at radius 3 is 2.35 bits per heavy atom. The van der Waals surface area contributed by atoms with Gasteiger partial charge in [-0.2, -0.15) is 0 Å². The number of carbonyl (C=O) groups is 1. The van der Waals surface area contributed by atoms with E-state index in [1.807, 2.05) is 0 Å². The highest BCUT2D eigenvalue weighted by Gasteiger charge is 2.24. The number of ketones is 1. The maximum absolute atomic E-state index is 11.2. The molecule has 2 atom stereocenters. The van der Waals surface area contributed by atoms with Crippen molar-refractivity contribution in [2.24, 2.45) is 5.92 Å². The van der Waals surface area contributed by atoms with E-state index in [1.165, 1.54) is 31.2 Å². The molecule has 0 aromatic heterocycles. The van der Waals surface area contributed by atoms with E-state index in [9.17, 15) is 20.0 Å². The first kappa shape index (κ1) is 13.6. The second-order valence-corrected chi connectivity index (χ2v) is 3.97. The van der Waals surface area contributed by atoms with Crippen molar-refractivity contribution in [1.82, 2.24) is 0 Å². The molecule has 0 aliphatic carbocycles. The fraction of sp³-hybridized carbons (Fsp3) is 0.364. The second-order valence-electron chi connectivity index (χ2n) is 3.66. The zero-order valence-corrected chi connectivity index (χ0v) is 9.92. The molecule has 0 heterocycles. The molecule has 1 rings (SSSR count). The van der Waals surface area contributed by atoms with Gasteiger partial charge in [-0.25, -0.2) is 0 Å². The van der Waals surface area contributed by atoms with Crippen molar-refractivity contribution in [2.45, 2.75) is 13.0 Å². The topological polar surface area (TPSA) is 80.4 Å². The number of hydrogen-bond donors (Lipinski definition) is 1. The highest BCUT2D eigenvalue weighted by Crippen LogP contribution is 2.25. The van der Waals surface area contributed by atoms with Gasteiger partial charge < -0.3 is 5.11 Å². The Kier molecular flexibility index (Phi) is 4.60. The van der Waals surface area contributed by atoms with Gasteiger partial charge in [0, 0.05) is 18.0 Å². The van der Waals surface area contributed by atoms with Crippen molar-refractivity contribution < 1.29 is 14.8 Å². The highest BCUT2D eigenvalue weighted by atomic mass is 35.5. The molecule has 0 radical (unpaired) electrons. The lowest BCUT2D eigenvalue weighted by molar-refractivity contribution is -0.384. The normalized spacial score (nSPS) is 14.1. The molecular weight excluding hydrogens is 246 g/mol. The lowest BCUT2D eigenvalue weighted by atomic mass is 9.94. The molecule has 1 N–H and O–H groups in total. The summed E-state index contributed by atoms with van der Waals surface area (Å²) in [4.78, 5) is 21.1. The third kappa shape index (κ3) is 3.25. The molecule has 0 aliphatic rings. The summed E-state index contributed by atoms with van der Waals surface area (Å²) < 4.78 is 0. The summed E-state index contributed by atoms with van der Waals surface area (Å²) in [7, 11) is 0. The summed E-state index contributed by atoms with van der Waals surface area (Å²) >= 11 is 5.60. The van der Waals surface area contributed by atoms with Gasteiger partial charge in [0.1, 0.15) is 5.78 Å². The fourth-order valence-electron chi connectivity index (χ4n) is 1.44. The zero-order valence-electron chi connectivity index (χ0n) is 9.17. The van der Waals surface area contributed by atoms with Crippen LogP contribution < -0.4 is 0 Å². The minimum atomic E-state index is -1.04. The minimum absolute atomic E-state index is 0.00743. The lowest BCUT2D eigenvalue weighted by Crippen LogP contribution is -2.21. The molecule has 17 heavy (non-hydrogen) atoms. The van der Waals surface area contributed by atoms with Crippen LogP contribution in [0.1, 0.15) is 18.6 Å². The number of alkyl halides is 1. The molecule has 1 aromatic carbocycles. The largest absolute Gasteiger partial charge is 0.388 e. The van der Waals surface area contributed by atoms with Gasteiger partial charge in [0.05, 0.1) is 16.9 Å². The van der Waals surface area contributed by atoms with E-state index in [-0.39, 0.29) is 17.4 Å². The molecule has 0 fully saturated rings. The number of carbonyl (C=O) groups excluding carboxylic acids is 1. The van der Waals surface area contributed by atoms with Crippen molar-refractivity contribution in [3.8, 4) is 0 Å². The predicted octanol–water partition coefficient (Wildman–Crippen LogP) is 2.07. The number of Topliss-reactive ketones (excluding diaryl/α,β-unsaturated/α-hetero) is 1. The number of non-ortho nitro benzene ring substituents is 1. The Labute approximate surface area is 103 Å². The SMILES string of the molecule is CC(=O)C(CCl)C(O)c1ccc([N+](=O)[O-])cc1. The first-order chi connectivity index (χ1) is 7.97. The van der Waals surface area contributed by atoms with E-state index in [1.54, 1.807) is 0 Å². The van der Waals surface area contributed by atoms with Gasteiger partial charge in [0.25, 0.3) is 5.69 Å². The van der Waals surface area contributed by atoms with E-state index in [4.69, 9.17) is 11.6 Å². The third-order valence-corrected chi connectivity index (χ3v) is 2.85. The van der Waals surface area contributed by atoms with Crippen LogP contribution >= 0.6 is 11.6 Å². The van der Waals surface area contributed by atoms with Crippen molar-refractivity contribution >= 4 is 23.1 Å². The number of rotatable bonds is 5. The molecule has 0 amide bonds. The molecule has 5 nitrogen and oxygen atoms in total. The number of aliphatic hydroxyl groups is 1. The summed E-state index contributed by atoms with van der Waals surface area (Å²) in [6.07, 6.45) is -1.04. The number of aliphatic hydroxyl groups excluding tert-OH is 1. The minimum Gasteiger partial charge on any atom is -0.388 e. The molecule has 0 bridgehead atoms. The second kappa shape index (κ2) is 5.75. The molecule has 0 spiro atoms. The molecule has 2 unspecified atom stereocenters. The molecule has 6 heteroatoms. The maximum Gasteiger partial charge on any atom is 0.269 e. The average molecular weight is 258 g/mol. The Bertz CT molecular complexity index is 418. The van der Waals surface area contributed by atoms with E-state index >= 15 is 0 Å². The van der Waals surface area contributed by atoms with E-state index in [0.717, 1.165) is 0 Å². The van der Waals surface area contributed by atoms with Gasteiger partial charge in [0.2, 0.25) is 0 Å². The maximum atomic E-state index is 11.2. The van der Waals surface area contributed by atoms with Gasteiger partial charge in [-0.3, -0.25) is 14.9 Å². The van der Waals surface area contributed by atoms with Gasteiger partial charge in [-0.05, 0) is 24.6 Å². The number of nitro benzene ring substituents is 1. The summed E-state index contributed by atoms with van der Waals surface area (Å²) in [5.41, 5.74) is 0.377. The molecule has 0 aliphatic heterocycles. The van der Waals surface area contributed by atoms with E-state index in [0.29, 0.717) is 5.56 Å². The van der Waals surface area contributed by atoms with Crippen LogP contribution in [0.25, 0.3) is 0 Å². The summed E-state index contributed by atoms with van der Waals surface area (Å²) in [6, 6.07) is 5.41. The molecular formula is C11H12ClNO4. The van der Waals surface area contributed by atoms with Gasteiger partial charge in [-0.15, -0.1) is 11.6 Å². The van der Waals surface area contributed by atoms with Crippen LogP contribution in [0.2, 0.25) is 0 Å². The van der Waals surface area contributed by atoms with Crippen molar-refractivity contribution in [1.29, 1.82) is 0 Å². The summed E-state index contributed by atoms with van der Waals surface area (Å²) in [6.45, 7) is 1.35. The Hall–Kier alpha value is -1.46. The fourth-order valence-corrected chi connectivity index (χ4v) is 1.83. The molecule has 0 saturated carbocycles. The van der Waals surface area contributed by atoms with E-state index < -0.39 is 16.9 Å². The Morgan fingerprint density at radius 2 is 2.00 bits per heavy atom. The smallest absolute Gasteiger partial charge is 0.269 e. The van der Waals surface area contributed by atoms with Crippen LogP contribution in [0, 0.1) is 16.0 Å². The molecule has 1 aromatic rings. The average Bonchev–Trinajstić information content (AvgIpc) is 2.29. The first-order valence-electron chi connectivity index (χ1n) is 4.96. The van der Waals surface area contributed by atoms with Crippen molar-refractivity contribution in [2.75, 3.05) is 5.88 Å². The first-order valence-corrected chi connectivity index (χ1v) is 5.49. The standard InChI is InChI=1S/C11H12ClNO4/c1-7(14)10(6-12)11(15)8-2-4-9(5-3-8)13(16)17/h2-5,10-11,15H,6H2,1H3. The van der Waals surface area contributed by atoms with Crippen LogP contribution in [-0.4, -0.2) is 21.7 Å². The third-order valence-electron chi connectivity index (χ3n) is 2.51. The van der Waals surface area contributed by atoms with Crippen LogP contribution in [0.15, 0.2) is 24.3 Å².